The molecule has 300 valence electrons. The van der Waals surface area contributed by atoms with Gasteiger partial charge < -0.3 is 4.42 Å². The molecule has 0 fully saturated rings. The molecule has 0 N–H and O–H groups in total. The summed E-state index contributed by atoms with van der Waals surface area (Å²) in [4.78, 5) is 10.7. The monoisotopic (exact) mass is 816 g/mol. The summed E-state index contributed by atoms with van der Waals surface area (Å²) in [5, 5.41) is 9.51. The molecule has 0 saturated heterocycles. The summed E-state index contributed by atoms with van der Waals surface area (Å²) >= 11 is 0. The van der Waals surface area contributed by atoms with Gasteiger partial charge in [0.1, 0.15) is 11.2 Å². The van der Waals surface area contributed by atoms with Crippen molar-refractivity contribution in [1.29, 1.82) is 0 Å². The summed E-state index contributed by atoms with van der Waals surface area (Å²) in [6.45, 7) is 4.73. The van der Waals surface area contributed by atoms with E-state index in [-0.39, 0.29) is 5.41 Å². The van der Waals surface area contributed by atoms with Gasteiger partial charge in [-0.05, 0) is 113 Å². The molecular weight excluding hydrogens is 777 g/mol. The van der Waals surface area contributed by atoms with Crippen molar-refractivity contribution in [3.05, 3.63) is 217 Å². The van der Waals surface area contributed by atoms with Crippen LogP contribution in [0.1, 0.15) is 25.0 Å². The average Bonchev–Trinajstić information content (AvgIpc) is 3.84. The summed E-state index contributed by atoms with van der Waals surface area (Å²) in [7, 11) is 0. The first-order valence-electron chi connectivity index (χ1n) is 22.1. The highest BCUT2D eigenvalue weighted by Crippen LogP contribution is 2.54. The fourth-order valence-corrected chi connectivity index (χ4v) is 10.6. The van der Waals surface area contributed by atoms with Crippen LogP contribution in [0, 0.1) is 0 Å². The molecule has 0 aliphatic heterocycles. The largest absolute Gasteiger partial charge is 0.456 e. The van der Waals surface area contributed by atoms with Crippen LogP contribution in [-0.2, 0) is 5.41 Å². The molecule has 0 atom stereocenters. The molecular formula is C61H40N2O. The normalized spacial score (nSPS) is 13.0. The third kappa shape index (κ3) is 5.54. The molecule has 10 aromatic carbocycles. The van der Waals surface area contributed by atoms with Crippen LogP contribution in [0.3, 0.4) is 0 Å². The SMILES string of the molecule is CC1(C)c2cc3ccccc3cc2-c2c(-c3ccc(-c4cc(-c5ccccc5-c5ccc6oc7ccc8ccccc8c7c6c5)nc(-c5ccccc5)n4)c4ccccc34)cccc21. The first kappa shape index (κ1) is 36.5. The number of nitrogens with zero attached hydrogens (tertiary/aromatic N) is 2. The quantitative estimate of drug-likeness (QED) is 0.174. The van der Waals surface area contributed by atoms with Gasteiger partial charge in [-0.25, -0.2) is 9.97 Å². The van der Waals surface area contributed by atoms with Crippen LogP contribution in [0.2, 0.25) is 0 Å². The maximum Gasteiger partial charge on any atom is 0.160 e. The number of hydrogen-bond donors (Lipinski definition) is 0. The molecule has 0 spiro atoms. The van der Waals surface area contributed by atoms with Crippen molar-refractivity contribution in [2.24, 2.45) is 0 Å². The van der Waals surface area contributed by atoms with Crippen LogP contribution in [0.5, 0.6) is 0 Å². The van der Waals surface area contributed by atoms with E-state index >= 15 is 0 Å². The van der Waals surface area contributed by atoms with E-state index < -0.39 is 0 Å². The number of hydrogen-bond acceptors (Lipinski definition) is 3. The van der Waals surface area contributed by atoms with Crippen molar-refractivity contribution in [3.63, 3.8) is 0 Å². The lowest BCUT2D eigenvalue weighted by atomic mass is 9.81. The van der Waals surface area contributed by atoms with E-state index in [1.807, 2.05) is 6.07 Å². The Labute approximate surface area is 371 Å². The van der Waals surface area contributed by atoms with Crippen molar-refractivity contribution in [2.45, 2.75) is 19.3 Å². The molecule has 1 aliphatic carbocycles. The fourth-order valence-electron chi connectivity index (χ4n) is 10.6. The highest BCUT2D eigenvalue weighted by molar-refractivity contribution is 6.19. The number of furan rings is 1. The van der Waals surface area contributed by atoms with Gasteiger partial charge in [-0.1, -0.05) is 184 Å². The molecule has 64 heavy (non-hydrogen) atoms. The maximum atomic E-state index is 6.41. The van der Waals surface area contributed by atoms with E-state index in [1.165, 1.54) is 60.3 Å². The third-order valence-electron chi connectivity index (χ3n) is 13.7. The molecule has 0 unspecified atom stereocenters. The summed E-state index contributed by atoms with van der Waals surface area (Å²) in [5.74, 6) is 0.686. The predicted octanol–water partition coefficient (Wildman–Crippen LogP) is 16.5. The minimum absolute atomic E-state index is 0.131. The molecule has 0 amide bonds. The molecule has 0 radical (unpaired) electrons. The Bertz CT molecular complexity index is 3880. The van der Waals surface area contributed by atoms with Gasteiger partial charge in [0.25, 0.3) is 0 Å². The lowest BCUT2D eigenvalue weighted by Gasteiger charge is -2.22. The molecule has 2 aromatic heterocycles. The number of benzene rings is 10. The molecule has 0 saturated carbocycles. The zero-order valence-corrected chi connectivity index (χ0v) is 35.4. The smallest absolute Gasteiger partial charge is 0.160 e. The highest BCUT2D eigenvalue weighted by atomic mass is 16.3. The summed E-state index contributed by atoms with van der Waals surface area (Å²) in [6, 6.07) is 74.2. The van der Waals surface area contributed by atoms with Crippen molar-refractivity contribution in [2.75, 3.05) is 0 Å². The summed E-state index contributed by atoms with van der Waals surface area (Å²) in [6.07, 6.45) is 0. The van der Waals surface area contributed by atoms with Crippen molar-refractivity contribution >= 4 is 54.3 Å². The van der Waals surface area contributed by atoms with Gasteiger partial charge in [-0.15, -0.1) is 0 Å². The third-order valence-corrected chi connectivity index (χ3v) is 13.7. The van der Waals surface area contributed by atoms with Crippen LogP contribution in [0.4, 0.5) is 0 Å². The second kappa shape index (κ2) is 13.9. The van der Waals surface area contributed by atoms with Gasteiger partial charge in [0.2, 0.25) is 0 Å². The summed E-state index contributed by atoms with van der Waals surface area (Å²) in [5.41, 5.74) is 16.5. The van der Waals surface area contributed by atoms with Crippen LogP contribution >= 0.6 is 0 Å². The Morgan fingerprint density at radius 3 is 1.80 bits per heavy atom. The minimum Gasteiger partial charge on any atom is -0.456 e. The van der Waals surface area contributed by atoms with E-state index in [9.17, 15) is 0 Å². The Balaban J connectivity index is 0.995. The van der Waals surface area contributed by atoms with Crippen LogP contribution < -0.4 is 0 Å². The topological polar surface area (TPSA) is 38.9 Å². The zero-order chi connectivity index (χ0) is 42.5. The van der Waals surface area contributed by atoms with E-state index in [0.29, 0.717) is 5.82 Å². The second-order valence-electron chi connectivity index (χ2n) is 17.7. The van der Waals surface area contributed by atoms with Gasteiger partial charge in [0, 0.05) is 32.9 Å². The fraction of sp³-hybridized carbons (Fsp3) is 0.0492. The first-order chi connectivity index (χ1) is 31.5. The molecule has 0 bridgehead atoms. The van der Waals surface area contributed by atoms with Crippen LogP contribution in [-0.4, -0.2) is 9.97 Å². The van der Waals surface area contributed by atoms with E-state index in [1.54, 1.807) is 0 Å². The number of fused-ring (bicyclic) bond motifs is 10. The molecule has 3 heteroatoms. The Hall–Kier alpha value is -8.14. The zero-order valence-electron chi connectivity index (χ0n) is 35.4. The second-order valence-corrected chi connectivity index (χ2v) is 17.7. The molecule has 2 heterocycles. The van der Waals surface area contributed by atoms with Gasteiger partial charge in [-0.3, -0.25) is 0 Å². The van der Waals surface area contributed by atoms with Crippen molar-refractivity contribution in [1.82, 2.24) is 9.97 Å². The molecule has 12 aromatic rings. The minimum atomic E-state index is -0.131. The van der Waals surface area contributed by atoms with Crippen molar-refractivity contribution < 1.29 is 4.42 Å². The lowest BCUT2D eigenvalue weighted by molar-refractivity contribution is 0.661. The standard InChI is InChI=1S/C61H40N2O/c1-61(2)52-26-14-25-49(58(52)50-33-39-18-6-7-19-40(39)35-53(50)61)46-29-30-48(45-23-12-11-22-44(45)46)55-36-54(62-60(63-55)38-16-4-3-5-17-38)47-24-13-10-20-42(47)41-28-31-56-51(34-41)59-43-21-9-8-15-37(43)27-32-57(59)64-56/h3-36H,1-2H3. The van der Waals surface area contributed by atoms with Gasteiger partial charge in [0.05, 0.1) is 11.4 Å². The van der Waals surface area contributed by atoms with Crippen molar-refractivity contribution in [3.8, 4) is 67.3 Å². The van der Waals surface area contributed by atoms with E-state index in [4.69, 9.17) is 14.4 Å². The Kier molecular flexibility index (Phi) is 7.95. The van der Waals surface area contributed by atoms with Gasteiger partial charge >= 0.3 is 0 Å². The van der Waals surface area contributed by atoms with Crippen LogP contribution in [0.15, 0.2) is 211 Å². The predicted molar refractivity (Wildman–Crippen MR) is 267 cm³/mol. The number of rotatable bonds is 5. The van der Waals surface area contributed by atoms with Crippen LogP contribution in [0.25, 0.3) is 122 Å². The Morgan fingerprint density at radius 2 is 0.984 bits per heavy atom. The lowest BCUT2D eigenvalue weighted by Crippen LogP contribution is -2.14. The molecule has 3 nitrogen and oxygen atoms in total. The number of aromatic nitrogens is 2. The van der Waals surface area contributed by atoms with Gasteiger partial charge in [0.15, 0.2) is 5.82 Å². The first-order valence-corrected chi connectivity index (χ1v) is 22.1. The van der Waals surface area contributed by atoms with Gasteiger partial charge in [-0.2, -0.15) is 0 Å². The maximum absolute atomic E-state index is 6.41. The highest BCUT2D eigenvalue weighted by Gasteiger charge is 2.37. The average molecular weight is 817 g/mol. The summed E-state index contributed by atoms with van der Waals surface area (Å²) < 4.78 is 6.41. The van der Waals surface area contributed by atoms with E-state index in [2.05, 4.69) is 214 Å². The Morgan fingerprint density at radius 1 is 0.359 bits per heavy atom. The van der Waals surface area contributed by atoms with E-state index in [0.717, 1.165) is 66.5 Å². The molecule has 1 aliphatic rings. The molecule has 13 rings (SSSR count).